The molecule has 7 heteroatoms. The SMILES string of the molecule is Cc1nsc(-c2ccc3cc(C4CCC(C(=O)O)CC4)ccc3c2)c1NC(=O)O[C@H](C)c1ccccc1. The Bertz CT molecular complexity index is 1420. The Kier molecular flexibility index (Phi) is 7.24. The fourth-order valence-electron chi connectivity index (χ4n) is 5.13. The van der Waals surface area contributed by atoms with Crippen molar-refractivity contribution in [1.29, 1.82) is 0 Å². The molecule has 1 aromatic heterocycles. The van der Waals surface area contributed by atoms with Crippen LogP contribution in [-0.4, -0.2) is 21.5 Å². The van der Waals surface area contributed by atoms with Gasteiger partial charge in [-0.2, -0.15) is 4.37 Å². The van der Waals surface area contributed by atoms with Crippen LogP contribution in [0.15, 0.2) is 66.7 Å². The second-order valence-corrected chi connectivity index (χ2v) is 10.5. The van der Waals surface area contributed by atoms with Crippen molar-refractivity contribution in [2.75, 3.05) is 5.32 Å². The maximum absolute atomic E-state index is 12.7. The third-order valence-corrected chi connectivity index (χ3v) is 8.30. The number of nitrogens with zero attached hydrogens (tertiary/aromatic N) is 1. The number of ether oxygens (including phenoxy) is 1. The highest BCUT2D eigenvalue weighted by Crippen LogP contribution is 2.39. The third-order valence-electron chi connectivity index (χ3n) is 7.32. The van der Waals surface area contributed by atoms with Crippen LogP contribution in [0, 0.1) is 12.8 Å². The molecular weight excluding hydrogens is 484 g/mol. The number of aromatic nitrogens is 1. The van der Waals surface area contributed by atoms with Gasteiger partial charge in [-0.25, -0.2) is 4.79 Å². The van der Waals surface area contributed by atoms with Gasteiger partial charge in [0.15, 0.2) is 0 Å². The first-order valence-electron chi connectivity index (χ1n) is 12.6. The lowest BCUT2D eigenvalue weighted by molar-refractivity contribution is -0.142. The minimum absolute atomic E-state index is 0.205. The smallest absolute Gasteiger partial charge is 0.412 e. The number of carboxylic acids is 1. The molecule has 4 aromatic rings. The number of aryl methyl sites for hydroxylation is 1. The van der Waals surface area contributed by atoms with E-state index in [0.717, 1.165) is 58.2 Å². The molecule has 0 bridgehead atoms. The molecule has 190 valence electrons. The summed E-state index contributed by atoms with van der Waals surface area (Å²) in [5.74, 6) is -0.469. The van der Waals surface area contributed by atoms with E-state index in [0.29, 0.717) is 11.6 Å². The highest BCUT2D eigenvalue weighted by atomic mass is 32.1. The fraction of sp³-hybridized carbons (Fsp3) is 0.300. The van der Waals surface area contributed by atoms with Gasteiger partial charge in [0, 0.05) is 0 Å². The number of benzene rings is 3. The summed E-state index contributed by atoms with van der Waals surface area (Å²) >= 11 is 1.36. The van der Waals surface area contributed by atoms with Crippen LogP contribution in [0.4, 0.5) is 10.5 Å². The van der Waals surface area contributed by atoms with Crippen molar-refractivity contribution >= 4 is 40.1 Å². The number of carboxylic acid groups (broad SMARTS) is 1. The molecule has 6 nitrogen and oxygen atoms in total. The zero-order valence-electron chi connectivity index (χ0n) is 20.9. The standard InChI is InChI=1S/C30H30N2O4S/c1-18-27(31-30(35)36-19(2)20-6-4-3-5-7-20)28(37-32-18)26-15-14-24-16-23(12-13-25(24)17-26)21-8-10-22(11-9-21)29(33)34/h3-7,12-17,19,21-22H,8-11H2,1-2H3,(H,31,35)(H,33,34)/t19-,21?,22?/m1/s1. The van der Waals surface area contributed by atoms with E-state index in [1.54, 1.807) is 0 Å². The van der Waals surface area contributed by atoms with E-state index in [1.165, 1.54) is 17.1 Å². The summed E-state index contributed by atoms with van der Waals surface area (Å²) in [6.07, 6.45) is 2.42. The second kappa shape index (κ2) is 10.7. The topological polar surface area (TPSA) is 88.5 Å². The van der Waals surface area contributed by atoms with Gasteiger partial charge in [0.05, 0.1) is 22.2 Å². The van der Waals surface area contributed by atoms with Gasteiger partial charge in [-0.15, -0.1) is 0 Å². The van der Waals surface area contributed by atoms with Gasteiger partial charge < -0.3 is 9.84 Å². The van der Waals surface area contributed by atoms with Gasteiger partial charge in [-0.3, -0.25) is 10.1 Å². The lowest BCUT2D eigenvalue weighted by Crippen LogP contribution is -2.20. The Balaban J connectivity index is 1.32. The van der Waals surface area contributed by atoms with Crippen molar-refractivity contribution in [3.63, 3.8) is 0 Å². The van der Waals surface area contributed by atoms with Gasteiger partial charge in [-0.1, -0.05) is 60.7 Å². The van der Waals surface area contributed by atoms with Gasteiger partial charge in [0.2, 0.25) is 0 Å². The average molecular weight is 515 g/mol. The molecule has 1 aliphatic carbocycles. The predicted octanol–water partition coefficient (Wildman–Crippen LogP) is 7.94. The van der Waals surface area contributed by atoms with Crippen LogP contribution in [0.3, 0.4) is 0 Å². The minimum Gasteiger partial charge on any atom is -0.481 e. The predicted molar refractivity (Wildman–Crippen MR) is 147 cm³/mol. The molecular formula is C30H30N2O4S. The summed E-state index contributed by atoms with van der Waals surface area (Å²) in [5.41, 5.74) is 4.61. The number of fused-ring (bicyclic) bond motifs is 1. The zero-order chi connectivity index (χ0) is 25.9. The number of amides is 1. The highest BCUT2D eigenvalue weighted by molar-refractivity contribution is 7.10. The van der Waals surface area contributed by atoms with Crippen LogP contribution in [0.2, 0.25) is 0 Å². The molecule has 1 amide bonds. The molecule has 3 aromatic carbocycles. The lowest BCUT2D eigenvalue weighted by Gasteiger charge is -2.26. The van der Waals surface area contributed by atoms with Crippen molar-refractivity contribution in [2.45, 2.75) is 51.6 Å². The number of rotatable bonds is 6. The molecule has 1 atom stereocenters. The third kappa shape index (κ3) is 5.52. The number of carbonyl (C=O) groups excluding carboxylic acids is 1. The van der Waals surface area contributed by atoms with Crippen molar-refractivity contribution in [3.8, 4) is 10.4 Å². The lowest BCUT2D eigenvalue weighted by atomic mass is 9.78. The molecule has 37 heavy (non-hydrogen) atoms. The molecule has 1 heterocycles. The van der Waals surface area contributed by atoms with Gasteiger partial charge in [0.1, 0.15) is 6.10 Å². The Morgan fingerprint density at radius 3 is 2.43 bits per heavy atom. The van der Waals surface area contributed by atoms with Gasteiger partial charge >= 0.3 is 12.1 Å². The minimum atomic E-state index is -0.671. The molecule has 0 spiro atoms. The van der Waals surface area contributed by atoms with Gasteiger partial charge in [-0.05, 0) is 90.5 Å². The molecule has 5 rings (SSSR count). The molecule has 0 saturated heterocycles. The number of hydrogen-bond acceptors (Lipinski definition) is 5. The molecule has 1 aliphatic rings. The van der Waals surface area contributed by atoms with E-state index >= 15 is 0 Å². The quantitative estimate of drug-likeness (QED) is 0.273. The van der Waals surface area contributed by atoms with E-state index in [-0.39, 0.29) is 12.0 Å². The molecule has 1 fully saturated rings. The second-order valence-electron chi connectivity index (χ2n) is 9.76. The Labute approximate surface area is 220 Å². The fourth-order valence-corrected chi connectivity index (χ4v) is 5.97. The maximum Gasteiger partial charge on any atom is 0.412 e. The van der Waals surface area contributed by atoms with E-state index in [9.17, 15) is 14.7 Å². The molecule has 0 aliphatic heterocycles. The van der Waals surface area contributed by atoms with Crippen molar-refractivity contribution in [1.82, 2.24) is 4.37 Å². The summed E-state index contributed by atoms with van der Waals surface area (Å²) in [6.45, 7) is 3.73. The first-order chi connectivity index (χ1) is 17.9. The molecule has 1 saturated carbocycles. The number of aliphatic carboxylic acids is 1. The summed E-state index contributed by atoms with van der Waals surface area (Å²) in [7, 11) is 0. The average Bonchev–Trinajstić information content (AvgIpc) is 3.28. The van der Waals surface area contributed by atoms with Crippen molar-refractivity contribution in [2.24, 2.45) is 5.92 Å². The Morgan fingerprint density at radius 2 is 1.70 bits per heavy atom. The number of anilines is 1. The maximum atomic E-state index is 12.7. The zero-order valence-corrected chi connectivity index (χ0v) is 21.8. The molecule has 2 N–H and O–H groups in total. The van der Waals surface area contributed by atoms with E-state index in [4.69, 9.17) is 4.74 Å². The highest BCUT2D eigenvalue weighted by Gasteiger charge is 2.27. The molecule has 0 unspecified atom stereocenters. The number of nitrogens with one attached hydrogen (secondary N) is 1. The van der Waals surface area contributed by atoms with E-state index < -0.39 is 12.1 Å². The van der Waals surface area contributed by atoms with Crippen LogP contribution < -0.4 is 5.32 Å². The largest absolute Gasteiger partial charge is 0.481 e. The van der Waals surface area contributed by atoms with Crippen molar-refractivity contribution in [3.05, 3.63) is 83.6 Å². The summed E-state index contributed by atoms with van der Waals surface area (Å²) in [5, 5.41) is 14.4. The Morgan fingerprint density at radius 1 is 1.00 bits per heavy atom. The van der Waals surface area contributed by atoms with Crippen LogP contribution in [-0.2, 0) is 9.53 Å². The van der Waals surface area contributed by atoms with Crippen LogP contribution in [0.25, 0.3) is 21.2 Å². The summed E-state index contributed by atoms with van der Waals surface area (Å²) in [4.78, 5) is 24.9. The van der Waals surface area contributed by atoms with Gasteiger partial charge in [0.25, 0.3) is 0 Å². The summed E-state index contributed by atoms with van der Waals surface area (Å²) in [6, 6.07) is 22.4. The van der Waals surface area contributed by atoms with Crippen LogP contribution in [0.5, 0.6) is 0 Å². The first-order valence-corrected chi connectivity index (χ1v) is 13.4. The first kappa shape index (κ1) is 25.0. The number of hydrogen-bond donors (Lipinski definition) is 2. The normalized spacial score (nSPS) is 18.3. The molecule has 0 radical (unpaired) electrons. The number of carbonyl (C=O) groups is 2. The van der Waals surface area contributed by atoms with Crippen LogP contribution in [0.1, 0.15) is 61.4 Å². The summed E-state index contributed by atoms with van der Waals surface area (Å²) < 4.78 is 10.1. The Hall–Kier alpha value is -3.71. The van der Waals surface area contributed by atoms with Crippen LogP contribution >= 0.6 is 11.5 Å². The van der Waals surface area contributed by atoms with E-state index in [1.807, 2.05) is 44.2 Å². The van der Waals surface area contributed by atoms with Crippen molar-refractivity contribution < 1.29 is 19.4 Å². The van der Waals surface area contributed by atoms with E-state index in [2.05, 4.69) is 46.1 Å². The monoisotopic (exact) mass is 514 g/mol.